The van der Waals surface area contributed by atoms with Gasteiger partial charge in [0.05, 0.1) is 33.2 Å². The van der Waals surface area contributed by atoms with Gasteiger partial charge in [0.15, 0.2) is 5.65 Å². The molecule has 0 amide bonds. The summed E-state index contributed by atoms with van der Waals surface area (Å²) in [7, 11) is -4.08. The number of aliphatic hydroxyl groups is 1. The predicted octanol–water partition coefficient (Wildman–Crippen LogP) is 6.04. The molecule has 1 aliphatic rings. The number of hydrogen-bond acceptors (Lipinski definition) is 8. The summed E-state index contributed by atoms with van der Waals surface area (Å²) in [4.78, 5) is 14.0. The Bertz CT molecular complexity index is 2050. The first-order chi connectivity index (χ1) is 20.2. The van der Waals surface area contributed by atoms with Gasteiger partial charge >= 0.3 is 0 Å². The minimum Gasteiger partial charge on any atom is -0.383 e. The number of halogens is 1. The lowest BCUT2D eigenvalue weighted by atomic mass is 9.81. The van der Waals surface area contributed by atoms with E-state index in [9.17, 15) is 13.5 Å². The predicted molar refractivity (Wildman–Crippen MR) is 162 cm³/mol. The monoisotopic (exact) mass is 616 g/mol. The van der Waals surface area contributed by atoms with E-state index < -0.39 is 15.6 Å². The summed E-state index contributed by atoms with van der Waals surface area (Å²) in [5.41, 5.74) is 2.92. The Morgan fingerprint density at radius 1 is 1.05 bits per heavy atom. The summed E-state index contributed by atoms with van der Waals surface area (Å²) in [6.45, 7) is 2.40. The first kappa shape index (κ1) is 27.0. The van der Waals surface area contributed by atoms with Gasteiger partial charge in [0.2, 0.25) is 0 Å². The highest BCUT2D eigenvalue weighted by Crippen LogP contribution is 2.47. The van der Waals surface area contributed by atoms with Crippen LogP contribution in [-0.2, 0) is 22.2 Å². The van der Waals surface area contributed by atoms with Crippen LogP contribution in [0.2, 0.25) is 5.02 Å². The zero-order valence-corrected chi connectivity index (χ0v) is 24.9. The van der Waals surface area contributed by atoms with E-state index in [1.54, 1.807) is 59.8 Å². The molecule has 0 spiro atoms. The van der Waals surface area contributed by atoms with Crippen LogP contribution in [-0.4, -0.2) is 42.2 Å². The Hall–Kier alpha value is -3.90. The van der Waals surface area contributed by atoms with Crippen LogP contribution in [0.25, 0.3) is 32.7 Å². The highest BCUT2D eigenvalue weighted by molar-refractivity contribution is 7.90. The van der Waals surface area contributed by atoms with Gasteiger partial charge in [0.25, 0.3) is 10.0 Å². The third kappa shape index (κ3) is 4.53. The fraction of sp³-hybridized carbons (Fsp3) is 0.200. The van der Waals surface area contributed by atoms with Crippen molar-refractivity contribution in [2.45, 2.75) is 43.2 Å². The Balaban J connectivity index is 1.43. The number of pyridine rings is 2. The van der Waals surface area contributed by atoms with E-state index in [2.05, 4.69) is 20.1 Å². The Morgan fingerprint density at radius 2 is 1.81 bits per heavy atom. The summed E-state index contributed by atoms with van der Waals surface area (Å²) >= 11 is 8.10. The number of nitrogens with zero attached hydrogens (tertiary/aromatic N) is 6. The molecular formula is C30H25ClN6O3S2. The molecule has 1 fully saturated rings. The molecule has 5 aromatic heterocycles. The van der Waals surface area contributed by atoms with Crippen molar-refractivity contribution in [3.8, 4) is 21.7 Å². The molecule has 1 saturated carbocycles. The summed E-state index contributed by atoms with van der Waals surface area (Å²) in [5, 5.41) is 17.0. The van der Waals surface area contributed by atoms with Gasteiger partial charge in [-0.2, -0.15) is 5.10 Å². The highest BCUT2D eigenvalue weighted by Gasteiger charge is 2.39. The Morgan fingerprint density at radius 3 is 2.52 bits per heavy atom. The van der Waals surface area contributed by atoms with Crippen LogP contribution < -0.4 is 0 Å². The van der Waals surface area contributed by atoms with Crippen LogP contribution in [0.1, 0.15) is 35.4 Å². The van der Waals surface area contributed by atoms with Gasteiger partial charge in [0.1, 0.15) is 10.6 Å². The largest absolute Gasteiger partial charge is 0.383 e. The van der Waals surface area contributed by atoms with Crippen molar-refractivity contribution in [3.05, 3.63) is 101 Å². The molecule has 12 heteroatoms. The van der Waals surface area contributed by atoms with E-state index in [-0.39, 0.29) is 10.5 Å². The van der Waals surface area contributed by atoms with Crippen molar-refractivity contribution in [3.63, 3.8) is 0 Å². The number of hydrogen-bond donors (Lipinski definition) is 1. The number of rotatable bonds is 7. The van der Waals surface area contributed by atoms with Gasteiger partial charge < -0.3 is 5.11 Å². The van der Waals surface area contributed by atoms with Gasteiger partial charge in [-0.15, -0.1) is 11.3 Å². The molecule has 212 valence electrons. The van der Waals surface area contributed by atoms with Crippen LogP contribution >= 0.6 is 22.9 Å². The second-order valence-corrected chi connectivity index (χ2v) is 13.8. The molecule has 0 radical (unpaired) electrons. The first-order valence-corrected chi connectivity index (χ1v) is 16.0. The zero-order chi connectivity index (χ0) is 29.1. The normalized spacial score (nSPS) is 14.7. The van der Waals surface area contributed by atoms with Gasteiger partial charge in [-0.3, -0.25) is 9.67 Å². The molecule has 1 N–H and O–H groups in total. The van der Waals surface area contributed by atoms with E-state index in [4.69, 9.17) is 11.6 Å². The lowest BCUT2D eigenvalue weighted by molar-refractivity contribution is -0.0389. The average molecular weight is 617 g/mol. The van der Waals surface area contributed by atoms with Gasteiger partial charge in [-0.25, -0.2) is 22.4 Å². The van der Waals surface area contributed by atoms with E-state index in [0.717, 1.165) is 22.4 Å². The first-order valence-electron chi connectivity index (χ1n) is 13.4. The SMILES string of the molecule is Cc1ccc(S(=O)(=O)n2c(-c3cnn(Cc4ccncc4)c3)cc3c(-c4cnc(C5(O)CCC5)s4)c(Cl)cnc32)cc1. The topological polar surface area (TPSA) is 116 Å². The van der Waals surface area contributed by atoms with Crippen LogP contribution in [0.4, 0.5) is 0 Å². The molecule has 6 aromatic rings. The minimum atomic E-state index is -4.08. The minimum absolute atomic E-state index is 0.140. The molecule has 0 atom stereocenters. The highest BCUT2D eigenvalue weighted by atomic mass is 35.5. The third-order valence-corrected chi connectivity index (χ3v) is 10.9. The molecule has 1 aromatic carbocycles. The average Bonchev–Trinajstić information content (AvgIpc) is 3.71. The van der Waals surface area contributed by atoms with Crippen molar-refractivity contribution < 1.29 is 13.5 Å². The molecule has 0 aliphatic heterocycles. The maximum Gasteiger partial charge on any atom is 0.269 e. The van der Waals surface area contributed by atoms with Crippen molar-refractivity contribution in [2.24, 2.45) is 0 Å². The van der Waals surface area contributed by atoms with Crippen molar-refractivity contribution in [1.29, 1.82) is 0 Å². The lowest BCUT2D eigenvalue weighted by Crippen LogP contribution is -2.33. The molecule has 42 heavy (non-hydrogen) atoms. The Kier molecular flexibility index (Phi) is 6.50. The van der Waals surface area contributed by atoms with Crippen LogP contribution in [0.3, 0.4) is 0 Å². The van der Waals surface area contributed by atoms with Gasteiger partial charge in [-0.05, 0) is 62.1 Å². The van der Waals surface area contributed by atoms with E-state index >= 15 is 0 Å². The maximum atomic E-state index is 14.2. The molecule has 0 unspecified atom stereocenters. The van der Waals surface area contributed by atoms with Crippen LogP contribution in [0.5, 0.6) is 0 Å². The second kappa shape index (κ2) is 10.1. The molecular weight excluding hydrogens is 592 g/mol. The maximum absolute atomic E-state index is 14.2. The fourth-order valence-corrected chi connectivity index (χ4v) is 8.12. The smallest absolute Gasteiger partial charge is 0.269 e. The molecule has 1 aliphatic carbocycles. The number of fused-ring (bicyclic) bond motifs is 1. The zero-order valence-electron chi connectivity index (χ0n) is 22.5. The second-order valence-electron chi connectivity index (χ2n) is 10.5. The van der Waals surface area contributed by atoms with E-state index in [0.29, 0.717) is 51.6 Å². The fourth-order valence-electron chi connectivity index (χ4n) is 5.20. The number of aryl methyl sites for hydroxylation is 1. The molecule has 0 saturated heterocycles. The van der Waals surface area contributed by atoms with Crippen molar-refractivity contribution >= 4 is 44.0 Å². The van der Waals surface area contributed by atoms with E-state index in [1.165, 1.54) is 21.5 Å². The molecule has 5 heterocycles. The van der Waals surface area contributed by atoms with Crippen LogP contribution in [0, 0.1) is 6.92 Å². The molecule has 9 nitrogen and oxygen atoms in total. The standard InChI is InChI=1S/C30H25ClN6O3S2/c1-19-3-5-22(6-4-19)42(39,40)37-25(21-14-35-36(18-21)17-20-7-11-32-12-8-20)13-23-27(24(31)15-33-28(23)37)26-16-34-29(41-26)30(38)9-2-10-30/h3-8,11-16,18,38H,2,9-10,17H2,1H3. The summed E-state index contributed by atoms with van der Waals surface area (Å²) < 4.78 is 31.5. The summed E-state index contributed by atoms with van der Waals surface area (Å²) in [6.07, 6.45) is 12.3. The summed E-state index contributed by atoms with van der Waals surface area (Å²) in [5.74, 6) is 0. The molecule has 0 bridgehead atoms. The molecule has 7 rings (SSSR count). The van der Waals surface area contributed by atoms with Crippen molar-refractivity contribution in [2.75, 3.05) is 0 Å². The van der Waals surface area contributed by atoms with Crippen LogP contribution in [0.15, 0.2) is 84.5 Å². The number of thiazole rings is 1. The van der Waals surface area contributed by atoms with Crippen molar-refractivity contribution in [1.82, 2.24) is 28.7 Å². The lowest BCUT2D eigenvalue weighted by Gasteiger charge is -2.34. The number of aromatic nitrogens is 6. The van der Waals surface area contributed by atoms with Gasteiger partial charge in [0, 0.05) is 47.5 Å². The number of benzene rings is 1. The Labute approximate surface area is 251 Å². The van der Waals surface area contributed by atoms with Gasteiger partial charge in [-0.1, -0.05) is 29.3 Å². The quantitative estimate of drug-likeness (QED) is 0.233. The van der Waals surface area contributed by atoms with E-state index in [1.807, 2.05) is 25.3 Å². The summed E-state index contributed by atoms with van der Waals surface area (Å²) in [6, 6.07) is 12.3. The third-order valence-electron chi connectivity index (χ3n) is 7.65.